The molecule has 0 fully saturated rings. The van der Waals surface area contributed by atoms with Gasteiger partial charge in [0.05, 0.1) is 21.7 Å². The van der Waals surface area contributed by atoms with Crippen molar-refractivity contribution in [3.05, 3.63) is 100 Å². The first-order chi connectivity index (χ1) is 13.1. The maximum Gasteiger partial charge on any atom is 0.238 e. The van der Waals surface area contributed by atoms with E-state index in [0.29, 0.717) is 15.7 Å². The molecule has 0 radical (unpaired) electrons. The third kappa shape index (κ3) is 4.86. The van der Waals surface area contributed by atoms with Gasteiger partial charge in [0.1, 0.15) is 0 Å². The summed E-state index contributed by atoms with van der Waals surface area (Å²) in [4.78, 5) is 13.0. The maximum absolute atomic E-state index is 13.0. The lowest BCUT2D eigenvalue weighted by Gasteiger charge is -2.19. The van der Waals surface area contributed by atoms with Crippen LogP contribution >= 0.6 is 35.4 Å². The molecule has 0 bridgehead atoms. The highest BCUT2D eigenvalue weighted by molar-refractivity contribution is 7.80. The highest BCUT2D eigenvalue weighted by Crippen LogP contribution is 2.29. The van der Waals surface area contributed by atoms with Crippen LogP contribution in [0.5, 0.6) is 0 Å². The molecule has 3 rings (SSSR count). The van der Waals surface area contributed by atoms with E-state index in [0.717, 1.165) is 11.1 Å². The molecule has 0 saturated heterocycles. The number of carbonyl (C=O) groups is 1. The van der Waals surface area contributed by atoms with Crippen molar-refractivity contribution < 1.29 is 4.79 Å². The summed E-state index contributed by atoms with van der Waals surface area (Å²) >= 11 is 17.5. The van der Waals surface area contributed by atoms with Gasteiger partial charge in [0, 0.05) is 0 Å². The van der Waals surface area contributed by atoms with Crippen LogP contribution in [0.4, 0.5) is 5.69 Å². The molecule has 0 unspecified atom stereocenters. The highest BCUT2D eigenvalue weighted by Gasteiger charge is 2.23. The van der Waals surface area contributed by atoms with Crippen molar-refractivity contribution in [1.29, 1.82) is 0 Å². The Labute approximate surface area is 173 Å². The first-order valence-electron chi connectivity index (χ1n) is 8.22. The number of benzene rings is 3. The molecule has 3 aromatic carbocycles. The Morgan fingerprint density at radius 3 is 1.93 bits per heavy atom. The average Bonchev–Trinajstić information content (AvgIpc) is 2.67. The highest BCUT2D eigenvalue weighted by atomic mass is 35.5. The number of nitrogens with one attached hydrogen (secondary N) is 2. The van der Waals surface area contributed by atoms with E-state index < -0.39 is 5.92 Å². The topological polar surface area (TPSA) is 41.1 Å². The molecule has 0 saturated carbocycles. The van der Waals surface area contributed by atoms with E-state index in [1.54, 1.807) is 18.2 Å². The van der Waals surface area contributed by atoms with E-state index >= 15 is 0 Å². The molecule has 0 atom stereocenters. The third-order valence-corrected chi connectivity index (χ3v) is 4.99. The van der Waals surface area contributed by atoms with Gasteiger partial charge in [-0.3, -0.25) is 4.79 Å². The predicted octanol–water partition coefficient (Wildman–Crippen LogP) is 5.64. The molecule has 0 heterocycles. The zero-order valence-corrected chi connectivity index (χ0v) is 16.5. The van der Waals surface area contributed by atoms with Crippen molar-refractivity contribution in [3.8, 4) is 0 Å². The Bertz CT molecular complexity index is 909. The molecule has 0 aromatic heterocycles. The second-order valence-corrected chi connectivity index (χ2v) is 6.99. The van der Waals surface area contributed by atoms with Crippen molar-refractivity contribution in [3.63, 3.8) is 0 Å². The van der Waals surface area contributed by atoms with Gasteiger partial charge >= 0.3 is 0 Å². The van der Waals surface area contributed by atoms with Crippen LogP contribution in [0.3, 0.4) is 0 Å². The summed E-state index contributed by atoms with van der Waals surface area (Å²) in [5, 5.41) is 6.58. The van der Waals surface area contributed by atoms with Crippen molar-refractivity contribution in [1.82, 2.24) is 5.32 Å². The first kappa shape index (κ1) is 19.4. The summed E-state index contributed by atoms with van der Waals surface area (Å²) in [7, 11) is 0. The monoisotopic (exact) mass is 414 g/mol. The minimum absolute atomic E-state index is 0.154. The van der Waals surface area contributed by atoms with Gasteiger partial charge in [-0.25, -0.2) is 0 Å². The fourth-order valence-corrected chi connectivity index (χ4v) is 3.28. The van der Waals surface area contributed by atoms with Crippen molar-refractivity contribution >= 4 is 52.1 Å². The number of thiocarbonyl (C=S) groups is 1. The molecule has 6 heteroatoms. The van der Waals surface area contributed by atoms with E-state index in [9.17, 15) is 4.79 Å². The van der Waals surface area contributed by atoms with Crippen LogP contribution in [0.15, 0.2) is 78.9 Å². The van der Waals surface area contributed by atoms with Crippen molar-refractivity contribution in [2.75, 3.05) is 5.32 Å². The van der Waals surface area contributed by atoms with Crippen LogP contribution in [0, 0.1) is 0 Å². The summed E-state index contributed by atoms with van der Waals surface area (Å²) in [5.74, 6) is -0.718. The standard InChI is InChI=1S/C21H16Cl2N2OS/c22-16-12-7-13-17(19(16)23)24-21(27)25-20(26)18(14-8-3-1-4-9-14)15-10-5-2-6-11-15/h1-13,18H,(H2,24,25,26,27). The Hall–Kier alpha value is -2.40. The van der Waals surface area contributed by atoms with Crippen LogP contribution < -0.4 is 10.6 Å². The smallest absolute Gasteiger partial charge is 0.238 e. The molecule has 0 aliphatic rings. The second-order valence-electron chi connectivity index (χ2n) is 5.80. The normalized spacial score (nSPS) is 10.5. The third-order valence-electron chi connectivity index (χ3n) is 3.96. The molecule has 0 spiro atoms. The largest absolute Gasteiger partial charge is 0.331 e. The van der Waals surface area contributed by atoms with Crippen LogP contribution in [-0.2, 0) is 4.79 Å². The maximum atomic E-state index is 13.0. The Kier molecular flexibility index (Phi) is 6.45. The first-order valence-corrected chi connectivity index (χ1v) is 9.38. The summed E-state index contributed by atoms with van der Waals surface area (Å²) in [5.41, 5.74) is 2.29. The molecule has 2 N–H and O–H groups in total. The number of rotatable bonds is 4. The molecule has 3 aromatic rings. The fourth-order valence-electron chi connectivity index (χ4n) is 2.72. The van der Waals surface area contributed by atoms with E-state index in [4.69, 9.17) is 35.4 Å². The average molecular weight is 415 g/mol. The molecule has 1 amide bonds. The number of hydrogen-bond donors (Lipinski definition) is 2. The van der Waals surface area contributed by atoms with Crippen molar-refractivity contribution in [2.45, 2.75) is 5.92 Å². The van der Waals surface area contributed by atoms with E-state index in [1.165, 1.54) is 0 Å². The summed E-state index contributed by atoms with van der Waals surface area (Å²) < 4.78 is 0. The zero-order chi connectivity index (χ0) is 19.2. The van der Waals surface area contributed by atoms with Gasteiger partial charge in [0.2, 0.25) is 5.91 Å². The minimum atomic E-state index is -0.484. The SMILES string of the molecule is O=C(NC(=S)Nc1cccc(Cl)c1Cl)C(c1ccccc1)c1ccccc1. The van der Waals surface area contributed by atoms with E-state index in [2.05, 4.69) is 10.6 Å². The van der Waals surface area contributed by atoms with Gasteiger partial charge in [0.15, 0.2) is 5.11 Å². The fraction of sp³-hybridized carbons (Fsp3) is 0.0476. The number of amides is 1. The van der Waals surface area contributed by atoms with E-state index in [1.807, 2.05) is 60.7 Å². The van der Waals surface area contributed by atoms with Gasteiger partial charge in [-0.1, -0.05) is 89.9 Å². The minimum Gasteiger partial charge on any atom is -0.331 e. The molecule has 3 nitrogen and oxygen atoms in total. The van der Waals surface area contributed by atoms with Crippen molar-refractivity contribution in [2.24, 2.45) is 0 Å². The molecule has 0 aliphatic carbocycles. The second kappa shape index (κ2) is 9.00. The molecular weight excluding hydrogens is 399 g/mol. The molecule has 0 aliphatic heterocycles. The Balaban J connectivity index is 1.80. The van der Waals surface area contributed by atoms with E-state index in [-0.39, 0.29) is 11.0 Å². The number of carbonyl (C=O) groups excluding carboxylic acids is 1. The summed E-state index contributed by atoms with van der Waals surface area (Å²) in [6, 6.07) is 24.3. The molecular formula is C21H16Cl2N2OS. The lowest BCUT2D eigenvalue weighted by atomic mass is 9.90. The van der Waals surface area contributed by atoms with Gasteiger partial charge in [-0.15, -0.1) is 0 Å². The quantitative estimate of drug-likeness (QED) is 0.542. The van der Waals surface area contributed by atoms with Gasteiger partial charge < -0.3 is 10.6 Å². The lowest BCUT2D eigenvalue weighted by Crippen LogP contribution is -2.38. The van der Waals surface area contributed by atoms with Crippen LogP contribution in [-0.4, -0.2) is 11.0 Å². The van der Waals surface area contributed by atoms with Gasteiger partial charge in [-0.05, 0) is 35.5 Å². The van der Waals surface area contributed by atoms with Crippen LogP contribution in [0.25, 0.3) is 0 Å². The predicted molar refractivity (Wildman–Crippen MR) is 116 cm³/mol. The molecule has 136 valence electrons. The Morgan fingerprint density at radius 2 is 1.37 bits per heavy atom. The van der Waals surface area contributed by atoms with Crippen LogP contribution in [0.1, 0.15) is 17.0 Å². The summed E-state index contributed by atoms with van der Waals surface area (Å²) in [6.45, 7) is 0. The van der Waals surface area contributed by atoms with Gasteiger partial charge in [0.25, 0.3) is 0 Å². The zero-order valence-electron chi connectivity index (χ0n) is 14.2. The molecule has 27 heavy (non-hydrogen) atoms. The Morgan fingerprint density at radius 1 is 0.815 bits per heavy atom. The number of anilines is 1. The number of hydrogen-bond acceptors (Lipinski definition) is 2. The lowest BCUT2D eigenvalue weighted by molar-refractivity contribution is -0.120. The number of halogens is 2. The summed E-state index contributed by atoms with van der Waals surface area (Å²) in [6.07, 6.45) is 0. The van der Waals surface area contributed by atoms with Gasteiger partial charge in [-0.2, -0.15) is 0 Å². The van der Waals surface area contributed by atoms with Crippen LogP contribution in [0.2, 0.25) is 10.0 Å².